The molecule has 0 radical (unpaired) electrons. The molecule has 0 bridgehead atoms. The fourth-order valence-corrected chi connectivity index (χ4v) is 8.54. The second kappa shape index (κ2) is 13.6. The van der Waals surface area contributed by atoms with E-state index in [4.69, 9.17) is 29.3 Å². The third kappa shape index (κ3) is 5.72. The fraction of sp³-hybridized carbons (Fsp3) is 0.0577. The standard InChI is InChI=1S/C52H33N7O/c1-30-13-14-34(40-25-36-18-16-32-10-6-22-54-47(32)49(36)56-29-40)26-42(30)52-58-50(57-51(59-52)38-19-20-45-43(27-38)41-11-2-3-12-44(41)60-45)37-8-4-7-33(23-37)39-24-35-17-15-31-9-5-21-53-46(31)48(35)55-28-39/h2-12,14-30H,13H2,1H3. The summed E-state index contributed by atoms with van der Waals surface area (Å²) in [6, 6.07) is 43.5. The van der Waals surface area contributed by atoms with Gasteiger partial charge in [-0.3, -0.25) is 19.9 Å². The van der Waals surface area contributed by atoms with Gasteiger partial charge in [-0.1, -0.05) is 85.8 Å². The van der Waals surface area contributed by atoms with Gasteiger partial charge in [-0.15, -0.1) is 0 Å². The first-order valence-corrected chi connectivity index (χ1v) is 20.1. The molecule has 0 aliphatic heterocycles. The number of para-hydroxylation sites is 1. The van der Waals surface area contributed by atoms with Gasteiger partial charge in [-0.05, 0) is 84.1 Å². The minimum absolute atomic E-state index is 0.166. The van der Waals surface area contributed by atoms with Gasteiger partial charge in [0.2, 0.25) is 0 Å². The number of furan rings is 1. The molecule has 0 spiro atoms. The second-order valence-corrected chi connectivity index (χ2v) is 15.5. The minimum atomic E-state index is 0.166. The van der Waals surface area contributed by atoms with E-state index in [9.17, 15) is 0 Å². The van der Waals surface area contributed by atoms with E-state index in [2.05, 4.69) is 114 Å². The highest BCUT2D eigenvalue weighted by atomic mass is 16.3. The van der Waals surface area contributed by atoms with Gasteiger partial charge in [0, 0.05) is 84.9 Å². The highest BCUT2D eigenvalue weighted by molar-refractivity contribution is 6.07. The van der Waals surface area contributed by atoms with E-state index in [1.807, 2.05) is 67.3 Å². The van der Waals surface area contributed by atoms with Crippen molar-refractivity contribution in [2.75, 3.05) is 0 Å². The van der Waals surface area contributed by atoms with E-state index in [0.717, 1.165) is 111 Å². The number of benzene rings is 5. The number of nitrogens with zero attached hydrogens (tertiary/aromatic N) is 7. The summed E-state index contributed by atoms with van der Waals surface area (Å²) in [4.78, 5) is 34.7. The van der Waals surface area contributed by atoms with Crippen LogP contribution in [0.3, 0.4) is 0 Å². The summed E-state index contributed by atoms with van der Waals surface area (Å²) in [7, 11) is 0. The molecule has 1 atom stereocenters. The first-order valence-electron chi connectivity index (χ1n) is 20.1. The van der Waals surface area contributed by atoms with Gasteiger partial charge in [0.25, 0.3) is 0 Å². The van der Waals surface area contributed by atoms with Crippen LogP contribution < -0.4 is 0 Å². The van der Waals surface area contributed by atoms with Crippen LogP contribution in [-0.4, -0.2) is 34.9 Å². The van der Waals surface area contributed by atoms with E-state index in [0.29, 0.717) is 17.5 Å². The van der Waals surface area contributed by atoms with E-state index in [1.165, 1.54) is 0 Å². The molecule has 0 fully saturated rings. The quantitative estimate of drug-likeness (QED) is 0.159. The maximum atomic E-state index is 6.19. The zero-order valence-electron chi connectivity index (χ0n) is 32.4. The molecule has 0 amide bonds. The summed E-state index contributed by atoms with van der Waals surface area (Å²) in [6.07, 6.45) is 12.9. The molecule has 8 heteroatoms. The normalized spacial score (nSPS) is 14.4. The lowest BCUT2D eigenvalue weighted by atomic mass is 9.87. The van der Waals surface area contributed by atoms with Crippen LogP contribution in [0.1, 0.15) is 24.7 Å². The van der Waals surface area contributed by atoms with Gasteiger partial charge in [-0.2, -0.15) is 0 Å². The van der Waals surface area contributed by atoms with E-state index < -0.39 is 0 Å². The van der Waals surface area contributed by atoms with E-state index in [1.54, 1.807) is 0 Å². The van der Waals surface area contributed by atoms with Crippen molar-refractivity contribution in [1.29, 1.82) is 0 Å². The van der Waals surface area contributed by atoms with E-state index in [-0.39, 0.29) is 5.92 Å². The summed E-state index contributed by atoms with van der Waals surface area (Å²) >= 11 is 0. The van der Waals surface area contributed by atoms with Gasteiger partial charge >= 0.3 is 0 Å². The molecule has 0 N–H and O–H groups in total. The summed E-state index contributed by atoms with van der Waals surface area (Å²) in [5.74, 6) is 2.00. The van der Waals surface area contributed by atoms with E-state index >= 15 is 0 Å². The fourth-order valence-electron chi connectivity index (χ4n) is 8.54. The average Bonchev–Trinajstić information content (AvgIpc) is 3.69. The summed E-state index contributed by atoms with van der Waals surface area (Å²) < 4.78 is 6.19. The van der Waals surface area contributed by atoms with Gasteiger partial charge in [-0.25, -0.2) is 15.0 Å². The lowest BCUT2D eigenvalue weighted by Gasteiger charge is -2.21. The molecule has 6 heterocycles. The minimum Gasteiger partial charge on any atom is -0.456 e. The van der Waals surface area contributed by atoms with Crippen molar-refractivity contribution in [2.45, 2.75) is 13.3 Å². The zero-order valence-corrected chi connectivity index (χ0v) is 32.4. The van der Waals surface area contributed by atoms with Gasteiger partial charge in [0.15, 0.2) is 17.5 Å². The Morgan fingerprint density at radius 3 is 1.85 bits per heavy atom. The largest absolute Gasteiger partial charge is 0.456 e. The SMILES string of the molecule is CC1CC=C(c2cnc3c(ccc4cccnc43)c2)C=C1c1nc(-c2cccc(-c3cnc4c(ccc5cccnc54)c3)c2)nc(-c2ccc3oc4ccccc4c3c2)n1. The Morgan fingerprint density at radius 1 is 0.467 bits per heavy atom. The lowest BCUT2D eigenvalue weighted by molar-refractivity contribution is 0.669. The topological polar surface area (TPSA) is 103 Å². The molecule has 5 aromatic carbocycles. The Kier molecular flexibility index (Phi) is 7.71. The van der Waals surface area contributed by atoms with Crippen LogP contribution >= 0.6 is 0 Å². The number of hydrogen-bond donors (Lipinski definition) is 0. The third-order valence-electron chi connectivity index (χ3n) is 11.7. The second-order valence-electron chi connectivity index (χ2n) is 15.5. The molecule has 1 unspecified atom stereocenters. The maximum Gasteiger partial charge on any atom is 0.164 e. The Bertz CT molecular complexity index is 3620. The maximum absolute atomic E-state index is 6.19. The number of fused-ring (bicyclic) bond motifs is 9. The molecule has 0 saturated heterocycles. The monoisotopic (exact) mass is 771 g/mol. The Balaban J connectivity index is 0.991. The molecule has 1 aliphatic carbocycles. The van der Waals surface area contributed by atoms with Crippen molar-refractivity contribution >= 4 is 76.7 Å². The van der Waals surface area contributed by atoms with Crippen LogP contribution in [0, 0.1) is 5.92 Å². The molecule has 11 aromatic rings. The molecule has 282 valence electrons. The van der Waals surface area contributed by atoms with Crippen LogP contribution in [0.5, 0.6) is 0 Å². The molecule has 1 aliphatic rings. The highest BCUT2D eigenvalue weighted by Gasteiger charge is 2.22. The van der Waals surface area contributed by atoms with Gasteiger partial charge < -0.3 is 4.42 Å². The third-order valence-corrected chi connectivity index (χ3v) is 11.7. The summed E-state index contributed by atoms with van der Waals surface area (Å²) in [6.45, 7) is 2.23. The first kappa shape index (κ1) is 34.1. The van der Waals surface area contributed by atoms with Crippen LogP contribution in [-0.2, 0) is 0 Å². The molecular weight excluding hydrogens is 739 g/mol. The van der Waals surface area contributed by atoms with Crippen molar-refractivity contribution in [3.05, 3.63) is 176 Å². The van der Waals surface area contributed by atoms with Gasteiger partial charge in [0.1, 0.15) is 11.2 Å². The van der Waals surface area contributed by atoms with Crippen LogP contribution in [0.25, 0.3) is 111 Å². The van der Waals surface area contributed by atoms with Crippen LogP contribution in [0.15, 0.2) is 169 Å². The molecular formula is C52H33N7O. The zero-order chi connectivity index (χ0) is 39.7. The van der Waals surface area contributed by atoms with Crippen molar-refractivity contribution in [2.24, 2.45) is 5.92 Å². The summed E-state index contributed by atoms with van der Waals surface area (Å²) in [5, 5.41) is 6.29. The smallest absolute Gasteiger partial charge is 0.164 e. The molecule has 8 nitrogen and oxygen atoms in total. The average molecular weight is 772 g/mol. The lowest BCUT2D eigenvalue weighted by Crippen LogP contribution is -2.09. The number of rotatable bonds is 5. The molecule has 60 heavy (non-hydrogen) atoms. The van der Waals surface area contributed by atoms with Crippen molar-refractivity contribution in [3.63, 3.8) is 0 Å². The van der Waals surface area contributed by atoms with Crippen molar-refractivity contribution < 1.29 is 4.42 Å². The van der Waals surface area contributed by atoms with Crippen LogP contribution in [0.2, 0.25) is 0 Å². The number of hydrogen-bond acceptors (Lipinski definition) is 8. The first-order chi connectivity index (χ1) is 29.6. The number of aromatic nitrogens is 7. The van der Waals surface area contributed by atoms with Crippen LogP contribution in [0.4, 0.5) is 0 Å². The molecule has 0 saturated carbocycles. The van der Waals surface area contributed by atoms with Gasteiger partial charge in [0.05, 0.1) is 22.1 Å². The molecule has 6 aromatic heterocycles. The van der Waals surface area contributed by atoms with Crippen molar-refractivity contribution in [3.8, 4) is 33.9 Å². The predicted molar refractivity (Wildman–Crippen MR) is 241 cm³/mol. The molecule has 12 rings (SSSR count). The predicted octanol–water partition coefficient (Wildman–Crippen LogP) is 12.5. The Morgan fingerprint density at radius 2 is 1.08 bits per heavy atom. The number of pyridine rings is 4. The number of allylic oxidation sites excluding steroid dienone is 4. The van der Waals surface area contributed by atoms with Crippen molar-refractivity contribution in [1.82, 2.24) is 34.9 Å². The summed E-state index contributed by atoms with van der Waals surface area (Å²) in [5.41, 5.74) is 12.2. The Hall–Kier alpha value is -7.97. The highest BCUT2D eigenvalue weighted by Crippen LogP contribution is 2.38. The Labute approximate surface area is 343 Å².